The molecule has 4 rings (SSSR count). The molecule has 2 aromatic rings. The fourth-order valence-corrected chi connectivity index (χ4v) is 2.94. The highest BCUT2D eigenvalue weighted by Crippen LogP contribution is 2.34. The standard InChI is InChI=1S/C22H21NO6/c1-3-4-9-26-17-7-5-14(11-19(17)25-2)10-16-22(24)29-21(23-16)15-6-8-18-20(12-15)28-13-27-18/h5-8,10-12H,3-4,9,13H2,1-2H3/b16-10-. The Morgan fingerprint density at radius 1 is 1.10 bits per heavy atom. The zero-order valence-corrected chi connectivity index (χ0v) is 16.3. The Kier molecular flexibility index (Phi) is 5.37. The average Bonchev–Trinajstić information content (AvgIpc) is 3.35. The van der Waals surface area contributed by atoms with Crippen molar-refractivity contribution in [3.8, 4) is 23.0 Å². The maximum atomic E-state index is 12.3. The maximum Gasteiger partial charge on any atom is 0.363 e. The zero-order valence-electron chi connectivity index (χ0n) is 16.3. The smallest absolute Gasteiger partial charge is 0.363 e. The van der Waals surface area contributed by atoms with Gasteiger partial charge in [-0.25, -0.2) is 9.79 Å². The number of carbonyl (C=O) groups excluding carboxylic acids is 1. The van der Waals surface area contributed by atoms with Crippen LogP contribution in [0.25, 0.3) is 6.08 Å². The van der Waals surface area contributed by atoms with Gasteiger partial charge in [0.15, 0.2) is 28.7 Å². The van der Waals surface area contributed by atoms with E-state index in [4.69, 9.17) is 23.7 Å². The molecule has 0 amide bonds. The Morgan fingerprint density at radius 2 is 1.97 bits per heavy atom. The van der Waals surface area contributed by atoms with Crippen molar-refractivity contribution in [2.45, 2.75) is 19.8 Å². The first-order valence-corrected chi connectivity index (χ1v) is 9.41. The third kappa shape index (κ3) is 4.03. The van der Waals surface area contributed by atoms with Crippen LogP contribution in [0.3, 0.4) is 0 Å². The van der Waals surface area contributed by atoms with Crippen molar-refractivity contribution >= 4 is 17.9 Å². The lowest BCUT2D eigenvalue weighted by molar-refractivity contribution is -0.129. The van der Waals surface area contributed by atoms with E-state index in [2.05, 4.69) is 11.9 Å². The Labute approximate surface area is 168 Å². The van der Waals surface area contributed by atoms with E-state index in [1.165, 1.54) is 0 Å². The second-order valence-electron chi connectivity index (χ2n) is 6.52. The van der Waals surface area contributed by atoms with Crippen LogP contribution >= 0.6 is 0 Å². The van der Waals surface area contributed by atoms with Gasteiger partial charge in [-0.3, -0.25) is 0 Å². The molecule has 0 bridgehead atoms. The van der Waals surface area contributed by atoms with Gasteiger partial charge in [0.1, 0.15) is 0 Å². The van der Waals surface area contributed by atoms with Gasteiger partial charge >= 0.3 is 5.97 Å². The van der Waals surface area contributed by atoms with Crippen LogP contribution in [0, 0.1) is 0 Å². The third-order valence-corrected chi connectivity index (χ3v) is 4.49. The number of unbranched alkanes of at least 4 members (excludes halogenated alkanes) is 1. The van der Waals surface area contributed by atoms with Crippen molar-refractivity contribution in [3.63, 3.8) is 0 Å². The third-order valence-electron chi connectivity index (χ3n) is 4.49. The van der Waals surface area contributed by atoms with Crippen LogP contribution in [0.15, 0.2) is 47.1 Å². The number of carbonyl (C=O) groups is 1. The summed E-state index contributed by atoms with van der Waals surface area (Å²) in [6.07, 6.45) is 3.68. The molecule has 0 unspecified atom stereocenters. The quantitative estimate of drug-likeness (QED) is 0.401. The number of methoxy groups -OCH3 is 1. The number of ether oxygens (including phenoxy) is 5. The Bertz CT molecular complexity index is 995. The van der Waals surface area contributed by atoms with Crippen LogP contribution in [-0.4, -0.2) is 32.4 Å². The van der Waals surface area contributed by atoms with Gasteiger partial charge in [0, 0.05) is 5.56 Å². The van der Waals surface area contributed by atoms with Crippen LogP contribution in [0.4, 0.5) is 0 Å². The molecule has 0 N–H and O–H groups in total. The fourth-order valence-electron chi connectivity index (χ4n) is 2.94. The summed E-state index contributed by atoms with van der Waals surface area (Å²) in [5.41, 5.74) is 1.61. The Morgan fingerprint density at radius 3 is 2.79 bits per heavy atom. The van der Waals surface area contributed by atoms with E-state index in [-0.39, 0.29) is 18.4 Å². The number of fused-ring (bicyclic) bond motifs is 1. The number of aliphatic imine (C=N–C) groups is 1. The SMILES string of the molecule is CCCCOc1ccc(/C=C2\N=C(c3ccc4c(c3)OCO4)OC2=O)cc1OC. The van der Waals surface area contributed by atoms with Crippen LogP contribution in [-0.2, 0) is 9.53 Å². The number of benzene rings is 2. The van der Waals surface area contributed by atoms with Crippen molar-refractivity contribution in [1.82, 2.24) is 0 Å². The minimum atomic E-state index is -0.514. The van der Waals surface area contributed by atoms with E-state index in [0.29, 0.717) is 35.2 Å². The number of esters is 1. The lowest BCUT2D eigenvalue weighted by Crippen LogP contribution is -2.05. The molecule has 0 aliphatic carbocycles. The van der Waals surface area contributed by atoms with Gasteiger partial charge in [0.25, 0.3) is 0 Å². The molecule has 150 valence electrons. The molecule has 2 aliphatic heterocycles. The molecule has 7 heteroatoms. The van der Waals surface area contributed by atoms with Crippen LogP contribution in [0.1, 0.15) is 30.9 Å². The number of hydrogen-bond acceptors (Lipinski definition) is 7. The highest BCUT2D eigenvalue weighted by atomic mass is 16.7. The minimum Gasteiger partial charge on any atom is -0.493 e. The predicted octanol–water partition coefficient (Wildman–Crippen LogP) is 3.95. The number of rotatable bonds is 7. The first kappa shape index (κ1) is 18.9. The number of nitrogens with zero attached hydrogens (tertiary/aromatic N) is 1. The fraction of sp³-hybridized carbons (Fsp3) is 0.273. The van der Waals surface area contributed by atoms with Gasteiger partial charge in [0.2, 0.25) is 12.7 Å². The van der Waals surface area contributed by atoms with Crippen molar-refractivity contribution in [2.24, 2.45) is 4.99 Å². The average molecular weight is 395 g/mol. The van der Waals surface area contributed by atoms with Gasteiger partial charge in [-0.15, -0.1) is 0 Å². The molecule has 7 nitrogen and oxygen atoms in total. The predicted molar refractivity (Wildman–Crippen MR) is 107 cm³/mol. The van der Waals surface area contributed by atoms with E-state index < -0.39 is 5.97 Å². The summed E-state index contributed by atoms with van der Waals surface area (Å²) >= 11 is 0. The van der Waals surface area contributed by atoms with E-state index in [1.807, 2.05) is 12.1 Å². The van der Waals surface area contributed by atoms with Gasteiger partial charge < -0.3 is 23.7 Å². The van der Waals surface area contributed by atoms with E-state index >= 15 is 0 Å². The monoisotopic (exact) mass is 395 g/mol. The van der Waals surface area contributed by atoms with Crippen LogP contribution in [0.5, 0.6) is 23.0 Å². The summed E-state index contributed by atoms with van der Waals surface area (Å²) in [6, 6.07) is 10.7. The molecule has 0 aromatic heterocycles. The van der Waals surface area contributed by atoms with Crippen molar-refractivity contribution in [1.29, 1.82) is 0 Å². The highest BCUT2D eigenvalue weighted by Gasteiger charge is 2.26. The summed E-state index contributed by atoms with van der Waals surface area (Å²) in [4.78, 5) is 16.6. The van der Waals surface area contributed by atoms with Gasteiger partial charge in [-0.2, -0.15) is 0 Å². The molecule has 2 aromatic carbocycles. The Hall–Kier alpha value is -3.48. The zero-order chi connectivity index (χ0) is 20.2. The largest absolute Gasteiger partial charge is 0.493 e. The molecule has 0 spiro atoms. The van der Waals surface area contributed by atoms with Crippen molar-refractivity contribution in [2.75, 3.05) is 20.5 Å². The van der Waals surface area contributed by atoms with E-state index in [9.17, 15) is 4.79 Å². The lowest BCUT2D eigenvalue weighted by Gasteiger charge is -2.10. The summed E-state index contributed by atoms with van der Waals surface area (Å²) in [7, 11) is 1.58. The maximum absolute atomic E-state index is 12.3. The van der Waals surface area contributed by atoms with Crippen molar-refractivity contribution in [3.05, 3.63) is 53.2 Å². The van der Waals surface area contributed by atoms with Crippen LogP contribution < -0.4 is 18.9 Å². The van der Waals surface area contributed by atoms with E-state index in [1.54, 1.807) is 37.5 Å². The molecule has 2 aliphatic rings. The molecule has 2 heterocycles. The molecular formula is C22H21NO6. The van der Waals surface area contributed by atoms with Gasteiger partial charge in [-0.05, 0) is 48.4 Å². The number of cyclic esters (lactones) is 1. The molecule has 0 fully saturated rings. The summed E-state index contributed by atoms with van der Waals surface area (Å²) in [5, 5.41) is 0. The summed E-state index contributed by atoms with van der Waals surface area (Å²) in [5.74, 6) is 2.24. The topological polar surface area (TPSA) is 75.6 Å². The number of hydrogen-bond donors (Lipinski definition) is 0. The first-order valence-electron chi connectivity index (χ1n) is 9.41. The minimum absolute atomic E-state index is 0.177. The van der Waals surface area contributed by atoms with Gasteiger partial charge in [-0.1, -0.05) is 19.4 Å². The lowest BCUT2D eigenvalue weighted by atomic mass is 10.1. The molecule has 29 heavy (non-hydrogen) atoms. The molecule has 0 saturated carbocycles. The Balaban J connectivity index is 1.56. The molecular weight excluding hydrogens is 374 g/mol. The second-order valence-corrected chi connectivity index (χ2v) is 6.52. The summed E-state index contributed by atoms with van der Waals surface area (Å²) < 4.78 is 27.1. The molecule has 0 saturated heterocycles. The highest BCUT2D eigenvalue weighted by molar-refractivity contribution is 6.13. The summed E-state index contributed by atoms with van der Waals surface area (Å²) in [6.45, 7) is 2.91. The molecule has 0 radical (unpaired) electrons. The normalized spacial score (nSPS) is 16.0. The van der Waals surface area contributed by atoms with Crippen molar-refractivity contribution < 1.29 is 28.5 Å². The van der Waals surface area contributed by atoms with Gasteiger partial charge in [0.05, 0.1) is 13.7 Å². The second kappa shape index (κ2) is 8.26. The van der Waals surface area contributed by atoms with E-state index in [0.717, 1.165) is 18.4 Å². The first-order chi connectivity index (χ1) is 14.2. The molecule has 0 atom stereocenters. The van der Waals surface area contributed by atoms with Crippen LogP contribution in [0.2, 0.25) is 0 Å².